The first-order chi connectivity index (χ1) is 10.5. The molecule has 2 N–H and O–H groups in total. The Bertz CT molecular complexity index is 813. The third-order valence-corrected chi connectivity index (χ3v) is 3.13. The second kappa shape index (κ2) is 5.71. The van der Waals surface area contributed by atoms with Crippen LogP contribution in [0.4, 0.5) is 11.6 Å². The maximum Gasteiger partial charge on any atom is 0.223 e. The highest BCUT2D eigenvalue weighted by atomic mass is 16.5. The SMILES string of the molecule is [B]c1ccc2cc(Nc3cc(C)[nH]n3)nc(OC(C)C)c2c1. The van der Waals surface area contributed by atoms with Crippen molar-refractivity contribution in [3.63, 3.8) is 0 Å². The van der Waals surface area contributed by atoms with E-state index < -0.39 is 0 Å². The van der Waals surface area contributed by atoms with Crippen LogP contribution in [0.15, 0.2) is 30.3 Å². The molecule has 0 atom stereocenters. The summed E-state index contributed by atoms with van der Waals surface area (Å²) in [7, 11) is 5.87. The molecule has 2 heterocycles. The van der Waals surface area contributed by atoms with Crippen LogP contribution in [0.2, 0.25) is 0 Å². The van der Waals surface area contributed by atoms with Crippen molar-refractivity contribution in [2.24, 2.45) is 0 Å². The Morgan fingerprint density at radius 1 is 1.18 bits per heavy atom. The maximum atomic E-state index is 5.87. The van der Waals surface area contributed by atoms with E-state index >= 15 is 0 Å². The molecular formula is C16H17BN4O. The first-order valence-electron chi connectivity index (χ1n) is 7.17. The number of rotatable bonds is 4. The van der Waals surface area contributed by atoms with Gasteiger partial charge in [-0.3, -0.25) is 5.10 Å². The number of hydrogen-bond acceptors (Lipinski definition) is 4. The van der Waals surface area contributed by atoms with Gasteiger partial charge < -0.3 is 10.1 Å². The van der Waals surface area contributed by atoms with Gasteiger partial charge in [0.05, 0.1) is 6.10 Å². The van der Waals surface area contributed by atoms with Crippen molar-refractivity contribution in [3.05, 3.63) is 36.0 Å². The number of pyridine rings is 1. The van der Waals surface area contributed by atoms with Gasteiger partial charge in [0.15, 0.2) is 5.82 Å². The van der Waals surface area contributed by atoms with E-state index in [0.29, 0.717) is 17.2 Å². The van der Waals surface area contributed by atoms with E-state index in [-0.39, 0.29) is 6.10 Å². The topological polar surface area (TPSA) is 62.8 Å². The highest BCUT2D eigenvalue weighted by Crippen LogP contribution is 2.28. The van der Waals surface area contributed by atoms with Crippen molar-refractivity contribution in [2.45, 2.75) is 26.9 Å². The zero-order valence-corrected chi connectivity index (χ0v) is 12.8. The van der Waals surface area contributed by atoms with E-state index in [1.165, 1.54) is 0 Å². The highest BCUT2D eigenvalue weighted by molar-refractivity contribution is 6.33. The zero-order chi connectivity index (χ0) is 15.7. The predicted octanol–water partition coefficient (Wildman–Crippen LogP) is 2.59. The molecular weight excluding hydrogens is 275 g/mol. The first-order valence-corrected chi connectivity index (χ1v) is 7.17. The van der Waals surface area contributed by atoms with Crippen molar-refractivity contribution in [2.75, 3.05) is 5.32 Å². The molecule has 6 heteroatoms. The Kier molecular flexibility index (Phi) is 3.75. The van der Waals surface area contributed by atoms with Gasteiger partial charge in [-0.25, -0.2) is 0 Å². The molecule has 0 bridgehead atoms. The molecule has 0 amide bonds. The average Bonchev–Trinajstić information content (AvgIpc) is 2.84. The molecule has 1 aromatic carbocycles. The van der Waals surface area contributed by atoms with E-state index in [9.17, 15) is 0 Å². The number of hydrogen-bond donors (Lipinski definition) is 2. The van der Waals surface area contributed by atoms with E-state index in [4.69, 9.17) is 12.6 Å². The fourth-order valence-corrected chi connectivity index (χ4v) is 2.22. The van der Waals surface area contributed by atoms with E-state index in [0.717, 1.165) is 22.3 Å². The summed E-state index contributed by atoms with van der Waals surface area (Å²) in [6.45, 7) is 5.88. The predicted molar refractivity (Wildman–Crippen MR) is 89.5 cm³/mol. The Labute approximate surface area is 130 Å². The Hall–Kier alpha value is -2.50. The number of anilines is 2. The highest BCUT2D eigenvalue weighted by Gasteiger charge is 2.10. The lowest BCUT2D eigenvalue weighted by Crippen LogP contribution is -2.09. The van der Waals surface area contributed by atoms with Gasteiger partial charge in [-0.15, -0.1) is 0 Å². The molecule has 3 rings (SSSR count). The summed E-state index contributed by atoms with van der Waals surface area (Å²) in [6, 6.07) is 9.57. The van der Waals surface area contributed by atoms with Gasteiger partial charge in [0.1, 0.15) is 13.7 Å². The van der Waals surface area contributed by atoms with Crippen molar-refractivity contribution >= 4 is 35.7 Å². The van der Waals surface area contributed by atoms with Crippen LogP contribution in [-0.4, -0.2) is 29.1 Å². The summed E-state index contributed by atoms with van der Waals surface area (Å²) in [5.74, 6) is 1.96. The molecule has 22 heavy (non-hydrogen) atoms. The summed E-state index contributed by atoms with van der Waals surface area (Å²) in [6.07, 6.45) is 0.0278. The van der Waals surface area contributed by atoms with Gasteiger partial charge in [0.2, 0.25) is 5.88 Å². The van der Waals surface area contributed by atoms with E-state index in [1.54, 1.807) is 0 Å². The number of ether oxygens (including phenoxy) is 1. The number of H-pyrrole nitrogens is 1. The van der Waals surface area contributed by atoms with Crippen molar-refractivity contribution < 1.29 is 4.74 Å². The first kappa shape index (κ1) is 14.4. The summed E-state index contributed by atoms with van der Waals surface area (Å²) < 4.78 is 5.83. The number of aromatic amines is 1. The molecule has 0 saturated heterocycles. The van der Waals surface area contributed by atoms with Crippen molar-refractivity contribution in [3.8, 4) is 5.88 Å². The largest absolute Gasteiger partial charge is 0.474 e. The maximum absolute atomic E-state index is 5.87. The second-order valence-corrected chi connectivity index (χ2v) is 5.52. The lowest BCUT2D eigenvalue weighted by atomic mass is 9.94. The lowest BCUT2D eigenvalue weighted by Gasteiger charge is -2.14. The third kappa shape index (κ3) is 3.06. The molecule has 2 aromatic heterocycles. The van der Waals surface area contributed by atoms with Crippen molar-refractivity contribution in [1.29, 1.82) is 0 Å². The summed E-state index contributed by atoms with van der Waals surface area (Å²) in [5, 5.41) is 12.1. The number of aromatic nitrogens is 3. The van der Waals surface area contributed by atoms with Crippen LogP contribution in [-0.2, 0) is 0 Å². The van der Waals surface area contributed by atoms with Crippen LogP contribution in [0.25, 0.3) is 10.8 Å². The Balaban J connectivity index is 2.05. The van der Waals surface area contributed by atoms with Gasteiger partial charge in [0.25, 0.3) is 0 Å². The summed E-state index contributed by atoms with van der Waals surface area (Å²) in [4.78, 5) is 4.54. The fourth-order valence-electron chi connectivity index (χ4n) is 2.22. The smallest absolute Gasteiger partial charge is 0.223 e. The van der Waals surface area contributed by atoms with Gasteiger partial charge in [-0.05, 0) is 32.2 Å². The monoisotopic (exact) mass is 292 g/mol. The molecule has 3 aromatic rings. The van der Waals surface area contributed by atoms with Crippen LogP contribution in [0.1, 0.15) is 19.5 Å². The molecule has 0 unspecified atom stereocenters. The number of benzene rings is 1. The molecule has 5 nitrogen and oxygen atoms in total. The van der Waals surface area contributed by atoms with Crippen molar-refractivity contribution in [1.82, 2.24) is 15.2 Å². The van der Waals surface area contributed by atoms with Crippen LogP contribution in [0.5, 0.6) is 5.88 Å². The summed E-state index contributed by atoms with van der Waals surface area (Å²) >= 11 is 0. The number of fused-ring (bicyclic) bond motifs is 1. The lowest BCUT2D eigenvalue weighted by molar-refractivity contribution is 0.236. The molecule has 0 spiro atoms. The number of nitrogens with one attached hydrogen (secondary N) is 2. The zero-order valence-electron chi connectivity index (χ0n) is 12.8. The van der Waals surface area contributed by atoms with Crippen LogP contribution in [0, 0.1) is 6.92 Å². The molecule has 110 valence electrons. The fraction of sp³-hybridized carbons (Fsp3) is 0.250. The minimum atomic E-state index is 0.0278. The molecule has 0 aliphatic carbocycles. The average molecular weight is 292 g/mol. The minimum Gasteiger partial charge on any atom is -0.474 e. The summed E-state index contributed by atoms with van der Waals surface area (Å²) in [5.41, 5.74) is 1.67. The van der Waals surface area contributed by atoms with Gasteiger partial charge in [0, 0.05) is 17.1 Å². The molecule has 0 aliphatic rings. The van der Waals surface area contributed by atoms with Crippen LogP contribution < -0.4 is 15.5 Å². The molecule has 2 radical (unpaired) electrons. The van der Waals surface area contributed by atoms with Gasteiger partial charge >= 0.3 is 0 Å². The van der Waals surface area contributed by atoms with Gasteiger partial charge in [-0.1, -0.05) is 23.7 Å². The number of aryl methyl sites for hydroxylation is 1. The van der Waals surface area contributed by atoms with Crippen LogP contribution in [0.3, 0.4) is 0 Å². The van der Waals surface area contributed by atoms with Gasteiger partial charge in [-0.2, -0.15) is 10.1 Å². The Morgan fingerprint density at radius 2 is 2.00 bits per heavy atom. The third-order valence-electron chi connectivity index (χ3n) is 3.13. The molecule has 0 aliphatic heterocycles. The normalized spacial score (nSPS) is 11.1. The van der Waals surface area contributed by atoms with E-state index in [1.807, 2.05) is 51.1 Å². The Morgan fingerprint density at radius 3 is 2.68 bits per heavy atom. The minimum absolute atomic E-state index is 0.0278. The number of nitrogens with zero attached hydrogens (tertiary/aromatic N) is 2. The standard InChI is InChI=1S/C16H17BN4O/c1-9(2)22-16-13-8-12(17)5-4-11(13)7-14(19-16)18-15-6-10(3)20-21-15/h4-9H,1-3H3,(H2,18,19,20,21). The second-order valence-electron chi connectivity index (χ2n) is 5.52. The molecule has 0 saturated carbocycles. The van der Waals surface area contributed by atoms with Crippen LogP contribution >= 0.6 is 0 Å². The van der Waals surface area contributed by atoms with E-state index in [2.05, 4.69) is 20.5 Å². The molecule has 0 fully saturated rings. The quantitative estimate of drug-likeness (QED) is 0.726.